The summed E-state index contributed by atoms with van der Waals surface area (Å²) < 4.78 is 52.1. The van der Waals surface area contributed by atoms with Gasteiger partial charge in [0.25, 0.3) is 0 Å². The van der Waals surface area contributed by atoms with Gasteiger partial charge in [-0.2, -0.15) is 0 Å². The van der Waals surface area contributed by atoms with Crippen LogP contribution in [0, 0.1) is 17.5 Å². The van der Waals surface area contributed by atoms with Crippen molar-refractivity contribution in [2.45, 2.75) is 31.4 Å². The van der Waals surface area contributed by atoms with Crippen LogP contribution in [0.1, 0.15) is 36.9 Å². The van der Waals surface area contributed by atoms with E-state index in [1.165, 1.54) is 31.3 Å². The van der Waals surface area contributed by atoms with Crippen molar-refractivity contribution in [1.82, 2.24) is 10.2 Å². The Morgan fingerprint density at radius 3 is 2.35 bits per heavy atom. The van der Waals surface area contributed by atoms with Gasteiger partial charge in [-0.15, -0.1) is 0 Å². The van der Waals surface area contributed by atoms with Gasteiger partial charge in [-0.3, -0.25) is 0 Å². The van der Waals surface area contributed by atoms with Gasteiger partial charge in [0.2, 0.25) is 0 Å². The van der Waals surface area contributed by atoms with Crippen LogP contribution in [0.5, 0.6) is 0 Å². The second-order valence-electron chi connectivity index (χ2n) is 8.87. The molecule has 194 valence electrons. The quantitative estimate of drug-likeness (QED) is 0.403. The van der Waals surface area contributed by atoms with E-state index >= 15 is 0 Å². The molecule has 2 atom stereocenters. The molecule has 37 heavy (non-hydrogen) atoms. The van der Waals surface area contributed by atoms with Crippen LogP contribution in [-0.4, -0.2) is 37.3 Å². The molecule has 4 rings (SSSR count). The average Bonchev–Trinajstić information content (AvgIpc) is 2.89. The molecule has 0 aromatic heterocycles. The minimum absolute atomic E-state index is 0.00128. The highest BCUT2D eigenvalue weighted by Gasteiger charge is 2.43. The lowest BCUT2D eigenvalue weighted by atomic mass is 9.85. The molecule has 1 aliphatic rings. The fourth-order valence-corrected chi connectivity index (χ4v) is 4.52. The molecule has 0 saturated carbocycles. The van der Waals surface area contributed by atoms with Crippen molar-refractivity contribution in [2.24, 2.45) is 0 Å². The van der Waals surface area contributed by atoms with Gasteiger partial charge in [0.1, 0.15) is 23.1 Å². The summed E-state index contributed by atoms with van der Waals surface area (Å²) in [6, 6.07) is 15.8. The molecule has 1 fully saturated rings. The van der Waals surface area contributed by atoms with E-state index in [9.17, 15) is 22.8 Å². The number of nitrogens with zero attached hydrogens (tertiary/aromatic N) is 1. The van der Waals surface area contributed by atoms with Gasteiger partial charge in [-0.1, -0.05) is 36.4 Å². The number of hydrogen-bond acceptors (Lipinski definition) is 4. The number of rotatable bonds is 7. The van der Waals surface area contributed by atoms with Gasteiger partial charge in [0.15, 0.2) is 0 Å². The predicted octanol–water partition coefficient (Wildman–Crippen LogP) is 6.32. The maximum atomic E-state index is 14.2. The SMILES string of the molecule is CNC(=O)OCCC1(c2ccc(F)cc2)CCN([C@@H](C)c2ccc(-c3ccc(F)cc3F)cc2)C(=O)O1. The van der Waals surface area contributed by atoms with Crippen molar-refractivity contribution >= 4 is 12.2 Å². The van der Waals surface area contributed by atoms with Crippen molar-refractivity contribution in [3.63, 3.8) is 0 Å². The number of cyclic esters (lactones) is 1. The van der Waals surface area contributed by atoms with Gasteiger partial charge in [-0.05, 0) is 47.9 Å². The van der Waals surface area contributed by atoms with Gasteiger partial charge >= 0.3 is 12.2 Å². The third-order valence-corrected chi connectivity index (χ3v) is 6.69. The number of ether oxygens (including phenoxy) is 2. The number of carbonyl (C=O) groups excluding carboxylic acids is 2. The fraction of sp³-hybridized carbons (Fsp3) is 0.286. The first kappa shape index (κ1) is 26.1. The third-order valence-electron chi connectivity index (χ3n) is 6.69. The molecule has 0 spiro atoms. The fourth-order valence-electron chi connectivity index (χ4n) is 4.52. The van der Waals surface area contributed by atoms with Gasteiger partial charge < -0.3 is 19.7 Å². The molecule has 9 heteroatoms. The molecule has 1 N–H and O–H groups in total. The summed E-state index contributed by atoms with van der Waals surface area (Å²) in [5.74, 6) is -1.72. The standard InChI is InChI=1S/C28H27F3N2O4/c1-18(19-3-5-20(6-4-19)24-12-11-23(30)17-25(24)31)33-15-13-28(37-27(33)35,14-16-36-26(34)32-2)21-7-9-22(29)10-8-21/h3-12,17-18H,13-16H2,1-2H3,(H,32,34)/t18-,28?/m0/s1. The van der Waals surface area contributed by atoms with E-state index in [2.05, 4.69) is 5.32 Å². The third kappa shape index (κ3) is 5.71. The Morgan fingerprint density at radius 1 is 1.05 bits per heavy atom. The summed E-state index contributed by atoms with van der Waals surface area (Å²) in [4.78, 5) is 26.3. The van der Waals surface area contributed by atoms with E-state index in [0.29, 0.717) is 24.1 Å². The summed E-state index contributed by atoms with van der Waals surface area (Å²) >= 11 is 0. The minimum Gasteiger partial charge on any atom is -0.449 e. The Bertz CT molecular complexity index is 1270. The van der Waals surface area contributed by atoms with Crippen LogP contribution in [0.15, 0.2) is 66.7 Å². The topological polar surface area (TPSA) is 67.9 Å². The van der Waals surface area contributed by atoms with Crippen molar-refractivity contribution in [3.05, 3.63) is 95.3 Å². The summed E-state index contributed by atoms with van der Waals surface area (Å²) in [5.41, 5.74) is 1.20. The number of amides is 2. The zero-order valence-electron chi connectivity index (χ0n) is 20.5. The Hall–Kier alpha value is -4.01. The van der Waals surface area contributed by atoms with E-state index in [-0.39, 0.29) is 24.6 Å². The highest BCUT2D eigenvalue weighted by molar-refractivity contribution is 5.71. The number of halogens is 3. The van der Waals surface area contributed by atoms with Crippen LogP contribution in [-0.2, 0) is 15.1 Å². The zero-order chi connectivity index (χ0) is 26.6. The Morgan fingerprint density at radius 2 is 1.73 bits per heavy atom. The average molecular weight is 513 g/mol. The van der Waals surface area contributed by atoms with Crippen LogP contribution >= 0.6 is 0 Å². The molecular formula is C28H27F3N2O4. The van der Waals surface area contributed by atoms with Crippen LogP contribution in [0.2, 0.25) is 0 Å². The van der Waals surface area contributed by atoms with Crippen LogP contribution in [0.25, 0.3) is 11.1 Å². The molecule has 0 aliphatic carbocycles. The van der Waals surface area contributed by atoms with Gasteiger partial charge in [-0.25, -0.2) is 22.8 Å². The maximum absolute atomic E-state index is 14.2. The summed E-state index contributed by atoms with van der Waals surface area (Å²) in [6.07, 6.45) is -0.560. The predicted molar refractivity (Wildman–Crippen MR) is 131 cm³/mol. The van der Waals surface area contributed by atoms with E-state index in [1.54, 1.807) is 41.3 Å². The Balaban J connectivity index is 1.51. The lowest BCUT2D eigenvalue weighted by molar-refractivity contribution is -0.0723. The Labute approximate surface area is 213 Å². The largest absolute Gasteiger partial charge is 0.449 e. The Kier molecular flexibility index (Phi) is 7.71. The molecule has 1 unspecified atom stereocenters. The van der Waals surface area contributed by atoms with Gasteiger partial charge in [0.05, 0.1) is 12.6 Å². The molecular weight excluding hydrogens is 485 g/mol. The van der Waals surface area contributed by atoms with E-state index in [1.807, 2.05) is 6.92 Å². The molecule has 2 amide bonds. The lowest BCUT2D eigenvalue weighted by Gasteiger charge is -2.43. The highest BCUT2D eigenvalue weighted by atomic mass is 19.1. The van der Waals surface area contributed by atoms with Crippen molar-refractivity contribution in [3.8, 4) is 11.1 Å². The summed E-state index contributed by atoms with van der Waals surface area (Å²) in [7, 11) is 1.45. The first-order valence-electron chi connectivity index (χ1n) is 11.9. The van der Waals surface area contributed by atoms with Crippen molar-refractivity contribution in [2.75, 3.05) is 20.2 Å². The van der Waals surface area contributed by atoms with Crippen LogP contribution in [0.4, 0.5) is 22.8 Å². The maximum Gasteiger partial charge on any atom is 0.411 e. The van der Waals surface area contributed by atoms with Crippen molar-refractivity contribution < 1.29 is 32.2 Å². The molecule has 6 nitrogen and oxygen atoms in total. The first-order chi connectivity index (χ1) is 17.7. The van der Waals surface area contributed by atoms with Crippen LogP contribution in [0.3, 0.4) is 0 Å². The molecule has 1 saturated heterocycles. The highest BCUT2D eigenvalue weighted by Crippen LogP contribution is 2.40. The molecule has 3 aromatic carbocycles. The van der Waals surface area contributed by atoms with E-state index < -0.39 is 35.2 Å². The second kappa shape index (κ2) is 10.9. The number of alkyl carbamates (subject to hydrolysis) is 1. The van der Waals surface area contributed by atoms with E-state index in [0.717, 1.165) is 11.6 Å². The molecule has 3 aromatic rings. The number of hydrogen-bond donors (Lipinski definition) is 1. The zero-order valence-corrected chi connectivity index (χ0v) is 20.5. The lowest BCUT2D eigenvalue weighted by Crippen LogP contribution is -2.49. The first-order valence-corrected chi connectivity index (χ1v) is 11.9. The normalized spacial score (nSPS) is 18.2. The minimum atomic E-state index is -1.08. The monoisotopic (exact) mass is 512 g/mol. The molecule has 0 bridgehead atoms. The van der Waals surface area contributed by atoms with Crippen molar-refractivity contribution in [1.29, 1.82) is 0 Å². The van der Waals surface area contributed by atoms with Crippen LogP contribution < -0.4 is 5.32 Å². The summed E-state index contributed by atoms with van der Waals surface area (Å²) in [5, 5.41) is 2.37. The molecule has 1 heterocycles. The molecule has 0 radical (unpaired) electrons. The van der Waals surface area contributed by atoms with Gasteiger partial charge in [0, 0.05) is 38.1 Å². The van der Waals surface area contributed by atoms with E-state index in [4.69, 9.17) is 9.47 Å². The number of benzene rings is 3. The smallest absolute Gasteiger partial charge is 0.411 e. The summed E-state index contributed by atoms with van der Waals surface area (Å²) in [6.45, 7) is 2.20. The second-order valence-corrected chi connectivity index (χ2v) is 8.87. The number of nitrogens with one attached hydrogen (secondary N) is 1. The molecule has 1 aliphatic heterocycles. The number of carbonyl (C=O) groups is 2.